The zero-order valence-corrected chi connectivity index (χ0v) is 8.64. The third-order valence-corrected chi connectivity index (χ3v) is 2.23. The molecule has 80 valence electrons. The van der Waals surface area contributed by atoms with E-state index in [1.54, 1.807) is 18.5 Å². The lowest BCUT2D eigenvalue weighted by Gasteiger charge is -2.06. The molecule has 0 bridgehead atoms. The number of carbonyl (C=O) groups excluding carboxylic acids is 1. The van der Waals surface area contributed by atoms with Crippen LogP contribution < -0.4 is 0 Å². The minimum Gasteiger partial charge on any atom is -0.294 e. The van der Waals surface area contributed by atoms with Crippen molar-refractivity contribution in [2.75, 3.05) is 0 Å². The Morgan fingerprint density at radius 2 is 1.94 bits per heavy atom. The van der Waals surface area contributed by atoms with E-state index in [1.165, 1.54) is 25.4 Å². The van der Waals surface area contributed by atoms with Gasteiger partial charge in [-0.25, -0.2) is 14.4 Å². The minimum absolute atomic E-state index is 0.182. The third kappa shape index (κ3) is 1.95. The number of Topliss-reactive ketones (excluding diaryl/α,β-unsaturated/α-hetero) is 1. The molecule has 1 aromatic heterocycles. The fraction of sp³-hybridized carbons (Fsp3) is 0.0833. The van der Waals surface area contributed by atoms with Gasteiger partial charge in [-0.3, -0.25) is 4.79 Å². The van der Waals surface area contributed by atoms with E-state index < -0.39 is 5.82 Å². The molecule has 0 spiro atoms. The average molecular weight is 216 g/mol. The van der Waals surface area contributed by atoms with Crippen molar-refractivity contribution in [2.24, 2.45) is 0 Å². The van der Waals surface area contributed by atoms with Gasteiger partial charge in [-0.15, -0.1) is 0 Å². The Hall–Kier alpha value is -2.10. The van der Waals surface area contributed by atoms with Crippen molar-refractivity contribution in [2.45, 2.75) is 6.92 Å². The van der Waals surface area contributed by atoms with Crippen LogP contribution in [0.3, 0.4) is 0 Å². The molecule has 0 amide bonds. The maximum Gasteiger partial charge on any atom is 0.160 e. The van der Waals surface area contributed by atoms with Crippen LogP contribution in [-0.4, -0.2) is 15.8 Å². The summed E-state index contributed by atoms with van der Waals surface area (Å²) in [7, 11) is 0. The third-order valence-electron chi connectivity index (χ3n) is 2.23. The SMILES string of the molecule is CC(=O)c1cc(F)ccc1-c1cncnc1. The number of rotatable bonds is 2. The van der Waals surface area contributed by atoms with Gasteiger partial charge in [0.15, 0.2) is 5.78 Å². The Labute approximate surface area is 92.0 Å². The van der Waals surface area contributed by atoms with Gasteiger partial charge in [0, 0.05) is 23.5 Å². The molecule has 0 atom stereocenters. The molecule has 1 heterocycles. The molecule has 0 aliphatic rings. The summed E-state index contributed by atoms with van der Waals surface area (Å²) < 4.78 is 13.0. The van der Waals surface area contributed by atoms with Crippen molar-refractivity contribution in [3.63, 3.8) is 0 Å². The maximum atomic E-state index is 13.0. The van der Waals surface area contributed by atoms with Crippen LogP contribution in [0.5, 0.6) is 0 Å². The van der Waals surface area contributed by atoms with Crippen molar-refractivity contribution < 1.29 is 9.18 Å². The first-order valence-corrected chi connectivity index (χ1v) is 4.74. The summed E-state index contributed by atoms with van der Waals surface area (Å²) in [5.74, 6) is -0.607. The first-order valence-electron chi connectivity index (χ1n) is 4.74. The molecule has 2 rings (SSSR count). The molecule has 0 unspecified atom stereocenters. The Morgan fingerprint density at radius 3 is 2.56 bits per heavy atom. The summed E-state index contributed by atoms with van der Waals surface area (Å²) in [5.41, 5.74) is 1.69. The van der Waals surface area contributed by atoms with E-state index in [9.17, 15) is 9.18 Å². The summed E-state index contributed by atoms with van der Waals surface area (Å²) in [5, 5.41) is 0. The first-order chi connectivity index (χ1) is 7.68. The quantitative estimate of drug-likeness (QED) is 0.724. The molecule has 3 nitrogen and oxygen atoms in total. The van der Waals surface area contributed by atoms with Crippen molar-refractivity contribution in [1.82, 2.24) is 9.97 Å². The number of ketones is 1. The van der Waals surface area contributed by atoms with Gasteiger partial charge < -0.3 is 0 Å². The Morgan fingerprint density at radius 1 is 1.25 bits per heavy atom. The second kappa shape index (κ2) is 4.18. The van der Waals surface area contributed by atoms with E-state index in [4.69, 9.17) is 0 Å². The minimum atomic E-state index is -0.425. The second-order valence-electron chi connectivity index (χ2n) is 3.37. The van der Waals surface area contributed by atoms with E-state index >= 15 is 0 Å². The Balaban J connectivity index is 2.61. The highest BCUT2D eigenvalue weighted by Crippen LogP contribution is 2.23. The zero-order chi connectivity index (χ0) is 11.5. The van der Waals surface area contributed by atoms with Crippen molar-refractivity contribution in [1.29, 1.82) is 0 Å². The zero-order valence-electron chi connectivity index (χ0n) is 8.64. The first kappa shape index (κ1) is 10.4. The fourth-order valence-electron chi connectivity index (χ4n) is 1.50. The van der Waals surface area contributed by atoms with Gasteiger partial charge in [-0.1, -0.05) is 6.07 Å². The average Bonchev–Trinajstić information content (AvgIpc) is 2.30. The summed E-state index contributed by atoms with van der Waals surface area (Å²) in [6.45, 7) is 1.40. The monoisotopic (exact) mass is 216 g/mol. The number of carbonyl (C=O) groups is 1. The van der Waals surface area contributed by atoms with Gasteiger partial charge in [-0.2, -0.15) is 0 Å². The van der Waals surface area contributed by atoms with E-state index in [0.29, 0.717) is 16.7 Å². The molecular formula is C12H9FN2O. The van der Waals surface area contributed by atoms with Gasteiger partial charge in [0.25, 0.3) is 0 Å². The number of hydrogen-bond acceptors (Lipinski definition) is 3. The topological polar surface area (TPSA) is 42.9 Å². The molecule has 2 aromatic rings. The van der Waals surface area contributed by atoms with Crippen LogP contribution in [0.2, 0.25) is 0 Å². The molecule has 0 aliphatic heterocycles. The van der Waals surface area contributed by atoms with E-state index in [2.05, 4.69) is 9.97 Å². The van der Waals surface area contributed by atoms with Gasteiger partial charge in [0.2, 0.25) is 0 Å². The normalized spacial score (nSPS) is 10.1. The number of halogens is 1. The van der Waals surface area contributed by atoms with Gasteiger partial charge in [0.1, 0.15) is 12.1 Å². The fourth-order valence-corrected chi connectivity index (χ4v) is 1.50. The lowest BCUT2D eigenvalue weighted by atomic mass is 9.99. The highest BCUT2D eigenvalue weighted by Gasteiger charge is 2.10. The predicted molar refractivity (Wildman–Crippen MR) is 57.4 cm³/mol. The number of benzene rings is 1. The predicted octanol–water partition coefficient (Wildman–Crippen LogP) is 2.49. The summed E-state index contributed by atoms with van der Waals surface area (Å²) in [6.07, 6.45) is 4.58. The van der Waals surface area contributed by atoms with Crippen LogP contribution in [0.25, 0.3) is 11.1 Å². The second-order valence-corrected chi connectivity index (χ2v) is 3.37. The summed E-state index contributed by atoms with van der Waals surface area (Å²) in [4.78, 5) is 19.1. The van der Waals surface area contributed by atoms with Crippen LogP contribution >= 0.6 is 0 Å². The van der Waals surface area contributed by atoms with Crippen molar-refractivity contribution in [3.05, 3.63) is 48.3 Å². The van der Waals surface area contributed by atoms with Gasteiger partial charge in [0.05, 0.1) is 0 Å². The standard InChI is InChI=1S/C12H9FN2O/c1-8(16)12-4-10(13)2-3-11(12)9-5-14-7-15-6-9/h2-7H,1H3. The lowest BCUT2D eigenvalue weighted by molar-refractivity contribution is 0.101. The van der Waals surface area contributed by atoms with E-state index in [-0.39, 0.29) is 5.78 Å². The molecule has 0 aliphatic carbocycles. The molecular weight excluding hydrogens is 207 g/mol. The summed E-state index contributed by atoms with van der Waals surface area (Å²) in [6, 6.07) is 4.10. The Kier molecular flexibility index (Phi) is 2.72. The lowest BCUT2D eigenvalue weighted by Crippen LogP contribution is -1.97. The van der Waals surface area contributed by atoms with Crippen LogP contribution in [0, 0.1) is 5.82 Å². The summed E-state index contributed by atoms with van der Waals surface area (Å²) >= 11 is 0. The molecule has 0 fully saturated rings. The van der Waals surface area contributed by atoms with E-state index in [0.717, 1.165) is 0 Å². The number of hydrogen-bond donors (Lipinski definition) is 0. The maximum absolute atomic E-state index is 13.0. The number of nitrogens with zero attached hydrogens (tertiary/aromatic N) is 2. The molecule has 0 N–H and O–H groups in total. The van der Waals surface area contributed by atoms with Crippen LogP contribution in [-0.2, 0) is 0 Å². The van der Waals surface area contributed by atoms with Gasteiger partial charge in [-0.05, 0) is 24.6 Å². The smallest absolute Gasteiger partial charge is 0.160 e. The highest BCUT2D eigenvalue weighted by molar-refractivity contribution is 6.00. The largest absolute Gasteiger partial charge is 0.294 e. The van der Waals surface area contributed by atoms with Crippen molar-refractivity contribution in [3.8, 4) is 11.1 Å². The van der Waals surface area contributed by atoms with E-state index in [1.807, 2.05) is 0 Å². The Bertz CT molecular complexity index is 526. The molecule has 0 saturated carbocycles. The van der Waals surface area contributed by atoms with Crippen molar-refractivity contribution >= 4 is 5.78 Å². The molecule has 16 heavy (non-hydrogen) atoms. The van der Waals surface area contributed by atoms with Crippen LogP contribution in [0.15, 0.2) is 36.9 Å². The molecule has 1 aromatic carbocycles. The molecule has 0 saturated heterocycles. The molecule has 4 heteroatoms. The van der Waals surface area contributed by atoms with Gasteiger partial charge >= 0.3 is 0 Å². The highest BCUT2D eigenvalue weighted by atomic mass is 19.1. The van der Waals surface area contributed by atoms with Crippen LogP contribution in [0.1, 0.15) is 17.3 Å². The van der Waals surface area contributed by atoms with Crippen LogP contribution in [0.4, 0.5) is 4.39 Å². The number of aromatic nitrogens is 2. The molecule has 0 radical (unpaired) electrons.